The van der Waals surface area contributed by atoms with Crippen molar-refractivity contribution in [3.05, 3.63) is 82.9 Å². The van der Waals surface area contributed by atoms with Crippen molar-refractivity contribution in [1.82, 2.24) is 0 Å². The molecule has 1 fully saturated rings. The summed E-state index contributed by atoms with van der Waals surface area (Å²) in [5, 5.41) is 0. The molecule has 32 heavy (non-hydrogen) atoms. The fraction of sp³-hybridized carbons (Fsp3) is 0.269. The largest absolute Gasteiger partial charge is 0.454 e. The van der Waals surface area contributed by atoms with Crippen molar-refractivity contribution in [3.8, 4) is 22.6 Å². The first kappa shape index (κ1) is 20.6. The molecule has 0 aromatic heterocycles. The molecule has 3 aromatic carbocycles. The maximum Gasteiger partial charge on any atom is 0.417 e. The van der Waals surface area contributed by atoms with Gasteiger partial charge in [-0.05, 0) is 60.2 Å². The minimum atomic E-state index is -4.52. The van der Waals surface area contributed by atoms with Crippen LogP contribution in [0.5, 0.6) is 11.5 Å². The standard InChI is InChI=1S/C26H21F3O3/c1-16-2-5-18(6-3-16)20-8-4-17(12-21(20)26(27,28)29)13-24(30)25(10-11-25)19-7-9-22-23(14-19)32-15-31-22/h2-9,12,14H,10-11,13,15H2,1H3. The number of benzene rings is 3. The summed E-state index contributed by atoms with van der Waals surface area (Å²) in [6.07, 6.45) is -3.21. The molecule has 164 valence electrons. The number of fused-ring (bicyclic) bond motifs is 1. The van der Waals surface area contributed by atoms with Gasteiger partial charge in [-0.25, -0.2) is 0 Å². The van der Waals surface area contributed by atoms with Gasteiger partial charge in [0.1, 0.15) is 5.78 Å². The highest BCUT2D eigenvalue weighted by molar-refractivity contribution is 5.95. The van der Waals surface area contributed by atoms with Gasteiger partial charge in [0.25, 0.3) is 0 Å². The van der Waals surface area contributed by atoms with E-state index in [-0.39, 0.29) is 24.6 Å². The van der Waals surface area contributed by atoms with Crippen LogP contribution >= 0.6 is 0 Å². The molecule has 0 saturated heterocycles. The lowest BCUT2D eigenvalue weighted by molar-refractivity contribution is -0.137. The lowest BCUT2D eigenvalue weighted by Gasteiger charge is -2.18. The van der Waals surface area contributed by atoms with E-state index >= 15 is 0 Å². The molecule has 3 aromatic rings. The number of hydrogen-bond donors (Lipinski definition) is 0. The number of rotatable bonds is 5. The van der Waals surface area contributed by atoms with Crippen LogP contribution in [0.2, 0.25) is 0 Å². The smallest absolute Gasteiger partial charge is 0.417 e. The third kappa shape index (κ3) is 3.64. The first-order chi connectivity index (χ1) is 15.3. The van der Waals surface area contributed by atoms with Crippen molar-refractivity contribution >= 4 is 5.78 Å². The van der Waals surface area contributed by atoms with Crippen molar-refractivity contribution in [3.63, 3.8) is 0 Å². The SMILES string of the molecule is Cc1ccc(-c2ccc(CC(=O)C3(c4ccc5c(c4)OCO5)CC3)cc2C(F)(F)F)cc1. The van der Waals surface area contributed by atoms with Gasteiger partial charge in [0.05, 0.1) is 11.0 Å². The minimum Gasteiger partial charge on any atom is -0.454 e. The van der Waals surface area contributed by atoms with Crippen LogP contribution in [0.3, 0.4) is 0 Å². The zero-order valence-corrected chi connectivity index (χ0v) is 17.5. The van der Waals surface area contributed by atoms with Crippen LogP contribution in [0, 0.1) is 6.92 Å². The zero-order valence-electron chi connectivity index (χ0n) is 17.5. The molecule has 0 radical (unpaired) electrons. The van der Waals surface area contributed by atoms with Crippen LogP contribution in [-0.2, 0) is 22.8 Å². The van der Waals surface area contributed by atoms with Crippen LogP contribution in [0.1, 0.15) is 35.1 Å². The van der Waals surface area contributed by atoms with E-state index in [1.165, 1.54) is 6.07 Å². The summed E-state index contributed by atoms with van der Waals surface area (Å²) in [6.45, 7) is 2.03. The average molecular weight is 438 g/mol. The Bertz CT molecular complexity index is 1190. The Labute approximate surface area is 183 Å². The molecular weight excluding hydrogens is 417 g/mol. The predicted molar refractivity (Wildman–Crippen MR) is 114 cm³/mol. The van der Waals surface area contributed by atoms with Crippen molar-refractivity contribution in [2.24, 2.45) is 0 Å². The van der Waals surface area contributed by atoms with Gasteiger partial charge in [-0.1, -0.05) is 48.0 Å². The van der Waals surface area contributed by atoms with Gasteiger partial charge in [0.2, 0.25) is 6.79 Å². The summed E-state index contributed by atoms with van der Waals surface area (Å²) < 4.78 is 52.3. The number of aryl methyl sites for hydroxylation is 1. The molecule has 0 spiro atoms. The quantitative estimate of drug-likeness (QED) is 0.472. The number of Topliss-reactive ketones (excluding diaryl/α,β-unsaturated/α-hetero) is 1. The van der Waals surface area contributed by atoms with Gasteiger partial charge in [0, 0.05) is 6.42 Å². The number of ether oxygens (including phenoxy) is 2. The van der Waals surface area contributed by atoms with Gasteiger partial charge in [-0.3, -0.25) is 4.79 Å². The fourth-order valence-electron chi connectivity index (χ4n) is 4.32. The monoisotopic (exact) mass is 438 g/mol. The van der Waals surface area contributed by atoms with E-state index in [1.54, 1.807) is 36.4 Å². The van der Waals surface area contributed by atoms with Gasteiger partial charge < -0.3 is 9.47 Å². The summed E-state index contributed by atoms with van der Waals surface area (Å²) in [7, 11) is 0. The Kier molecular flexibility index (Phi) is 4.77. The van der Waals surface area contributed by atoms with E-state index in [0.717, 1.165) is 17.2 Å². The maximum absolute atomic E-state index is 13.9. The van der Waals surface area contributed by atoms with Crippen molar-refractivity contribution in [1.29, 1.82) is 0 Å². The number of hydrogen-bond acceptors (Lipinski definition) is 3. The van der Waals surface area contributed by atoms with Crippen LogP contribution in [-0.4, -0.2) is 12.6 Å². The summed E-state index contributed by atoms with van der Waals surface area (Å²) in [5.74, 6) is 1.16. The zero-order chi connectivity index (χ0) is 22.5. The lowest BCUT2D eigenvalue weighted by atomic mass is 9.86. The molecule has 0 atom stereocenters. The second-order valence-electron chi connectivity index (χ2n) is 8.49. The van der Waals surface area contributed by atoms with Gasteiger partial charge in [0.15, 0.2) is 11.5 Å². The molecule has 5 rings (SSSR count). The number of ketones is 1. The van der Waals surface area contributed by atoms with E-state index in [0.29, 0.717) is 35.5 Å². The summed E-state index contributed by atoms with van der Waals surface area (Å²) in [5.41, 5.74) is 1.41. The topological polar surface area (TPSA) is 35.5 Å². The average Bonchev–Trinajstić information content (AvgIpc) is 3.45. The van der Waals surface area contributed by atoms with Gasteiger partial charge in [-0.2, -0.15) is 13.2 Å². The predicted octanol–water partition coefficient (Wildman–Crippen LogP) is 6.25. The Balaban J connectivity index is 1.44. The first-order valence-electron chi connectivity index (χ1n) is 10.5. The number of halogens is 3. The van der Waals surface area contributed by atoms with Crippen molar-refractivity contribution in [2.75, 3.05) is 6.79 Å². The number of alkyl halides is 3. The molecule has 0 unspecified atom stereocenters. The molecular formula is C26H21F3O3. The van der Waals surface area contributed by atoms with Gasteiger partial charge in [-0.15, -0.1) is 0 Å². The molecule has 1 aliphatic heterocycles. The summed E-state index contributed by atoms with van der Waals surface area (Å²) in [4.78, 5) is 13.2. The Morgan fingerprint density at radius 3 is 2.34 bits per heavy atom. The normalized spacial score (nSPS) is 16.1. The van der Waals surface area contributed by atoms with Gasteiger partial charge >= 0.3 is 6.18 Å². The molecule has 0 bridgehead atoms. The fourth-order valence-corrected chi connectivity index (χ4v) is 4.32. The third-order valence-electron chi connectivity index (χ3n) is 6.33. The second-order valence-corrected chi connectivity index (χ2v) is 8.49. The van der Waals surface area contributed by atoms with E-state index < -0.39 is 17.2 Å². The highest BCUT2D eigenvalue weighted by Gasteiger charge is 2.51. The first-order valence-corrected chi connectivity index (χ1v) is 10.5. The second kappa shape index (κ2) is 7.40. The van der Waals surface area contributed by atoms with E-state index in [2.05, 4.69) is 0 Å². The van der Waals surface area contributed by atoms with Crippen LogP contribution in [0.4, 0.5) is 13.2 Å². The third-order valence-corrected chi connectivity index (χ3v) is 6.33. The van der Waals surface area contributed by atoms with E-state index in [4.69, 9.17) is 9.47 Å². The molecule has 1 aliphatic carbocycles. The number of carbonyl (C=O) groups is 1. The van der Waals surface area contributed by atoms with Crippen LogP contribution in [0.15, 0.2) is 60.7 Å². The van der Waals surface area contributed by atoms with Crippen molar-refractivity contribution < 1.29 is 27.4 Å². The molecule has 3 nitrogen and oxygen atoms in total. The Morgan fingerprint density at radius 2 is 1.66 bits per heavy atom. The molecule has 2 aliphatic rings. The van der Waals surface area contributed by atoms with Crippen molar-refractivity contribution in [2.45, 2.75) is 37.8 Å². The molecule has 1 saturated carbocycles. The summed E-state index contributed by atoms with van der Waals surface area (Å²) in [6, 6.07) is 16.6. The molecule has 0 N–H and O–H groups in total. The lowest BCUT2D eigenvalue weighted by Crippen LogP contribution is -2.22. The van der Waals surface area contributed by atoms with E-state index in [9.17, 15) is 18.0 Å². The van der Waals surface area contributed by atoms with Crippen LogP contribution in [0.25, 0.3) is 11.1 Å². The van der Waals surface area contributed by atoms with Crippen LogP contribution < -0.4 is 9.47 Å². The number of carbonyl (C=O) groups excluding carboxylic acids is 1. The minimum absolute atomic E-state index is 0.0499. The van der Waals surface area contributed by atoms with E-state index in [1.807, 2.05) is 19.1 Å². The highest BCUT2D eigenvalue weighted by Crippen LogP contribution is 2.51. The Hall–Kier alpha value is -3.28. The highest BCUT2D eigenvalue weighted by atomic mass is 19.4. The molecule has 0 amide bonds. The maximum atomic E-state index is 13.9. The Morgan fingerprint density at radius 1 is 0.938 bits per heavy atom. The molecule has 1 heterocycles. The summed E-state index contributed by atoms with van der Waals surface area (Å²) >= 11 is 0. The molecule has 6 heteroatoms.